The van der Waals surface area contributed by atoms with Crippen molar-refractivity contribution in [3.63, 3.8) is 0 Å². The molecule has 0 aromatic rings. The molecule has 15 heavy (non-hydrogen) atoms. The van der Waals surface area contributed by atoms with Crippen molar-refractivity contribution in [3.8, 4) is 0 Å². The van der Waals surface area contributed by atoms with Crippen molar-refractivity contribution in [3.05, 3.63) is 0 Å². The highest BCUT2D eigenvalue weighted by Crippen LogP contribution is 2.34. The Morgan fingerprint density at radius 2 is 2.00 bits per heavy atom. The topological polar surface area (TPSA) is 79.2 Å². The molecule has 1 aliphatic heterocycles. The van der Waals surface area contributed by atoms with Crippen molar-refractivity contribution in [1.82, 2.24) is 0 Å². The Morgan fingerprint density at radius 3 is 2.47 bits per heavy atom. The first kappa shape index (κ1) is 12.7. The molecule has 1 aliphatic rings. The molecule has 0 aromatic heterocycles. The van der Waals surface area contributed by atoms with E-state index in [4.69, 9.17) is 14.9 Å². The van der Waals surface area contributed by atoms with Gasteiger partial charge in [0.2, 0.25) is 0 Å². The van der Waals surface area contributed by atoms with Gasteiger partial charge in [0, 0.05) is 6.61 Å². The number of hydrogen-bond donors (Lipinski definition) is 3. The van der Waals surface area contributed by atoms with E-state index in [1.807, 2.05) is 0 Å². The van der Waals surface area contributed by atoms with Gasteiger partial charge in [0.05, 0.1) is 6.61 Å². The summed E-state index contributed by atoms with van der Waals surface area (Å²) in [5, 5.41) is 27.1. The van der Waals surface area contributed by atoms with E-state index in [-0.39, 0.29) is 6.61 Å². The van der Waals surface area contributed by atoms with Crippen LogP contribution in [0.25, 0.3) is 0 Å². The van der Waals surface area contributed by atoms with Gasteiger partial charge in [-0.2, -0.15) is 0 Å². The van der Waals surface area contributed by atoms with Crippen LogP contribution in [0.1, 0.15) is 6.92 Å². The predicted molar refractivity (Wildman–Crippen MR) is 44.3 cm³/mol. The third-order valence-corrected chi connectivity index (χ3v) is 2.22. The van der Waals surface area contributed by atoms with Gasteiger partial charge in [-0.25, -0.2) is 8.78 Å². The lowest BCUT2D eigenvalue weighted by molar-refractivity contribution is -0.343. The molecule has 3 N–H and O–H groups in total. The lowest BCUT2D eigenvalue weighted by Gasteiger charge is -2.41. The molecule has 1 fully saturated rings. The molecule has 1 heterocycles. The summed E-state index contributed by atoms with van der Waals surface area (Å²) in [5.74, 6) is -3.69. The lowest BCUT2D eigenvalue weighted by Crippen LogP contribution is -2.63. The van der Waals surface area contributed by atoms with Crippen LogP contribution in [0.3, 0.4) is 0 Å². The number of hydrogen-bond acceptors (Lipinski definition) is 5. The Morgan fingerprint density at radius 1 is 1.40 bits per heavy atom. The fourth-order valence-corrected chi connectivity index (χ4v) is 1.37. The van der Waals surface area contributed by atoms with Crippen LogP contribution in [0.5, 0.6) is 0 Å². The summed E-state index contributed by atoms with van der Waals surface area (Å²) in [6.07, 6.45) is -7.35. The molecular weight excluding hydrogens is 214 g/mol. The van der Waals surface area contributed by atoms with Crippen molar-refractivity contribution in [2.45, 2.75) is 37.4 Å². The zero-order chi connectivity index (χ0) is 11.6. The SMILES string of the molecule is CCO[C@H]1O[C@@H](CO)C(F)(F)[C@H](O)[C@@H]1O. The first-order valence-electron chi connectivity index (χ1n) is 4.57. The third kappa shape index (κ3) is 2.26. The Bertz CT molecular complexity index is 209. The van der Waals surface area contributed by atoms with Crippen LogP contribution in [-0.2, 0) is 9.47 Å². The van der Waals surface area contributed by atoms with Gasteiger partial charge >= 0.3 is 5.92 Å². The molecule has 0 radical (unpaired) electrons. The van der Waals surface area contributed by atoms with Crippen LogP contribution in [0.2, 0.25) is 0 Å². The second-order valence-corrected chi connectivity index (χ2v) is 3.24. The summed E-state index contributed by atoms with van der Waals surface area (Å²) in [6.45, 7) is 0.766. The molecule has 1 saturated heterocycles. The van der Waals surface area contributed by atoms with Gasteiger partial charge in [0.1, 0.15) is 12.2 Å². The molecule has 0 aliphatic carbocycles. The second kappa shape index (κ2) is 4.67. The van der Waals surface area contributed by atoms with Crippen LogP contribution in [-0.4, -0.2) is 59.1 Å². The fourth-order valence-electron chi connectivity index (χ4n) is 1.37. The molecule has 0 unspecified atom stereocenters. The predicted octanol–water partition coefficient (Wildman–Crippen LogP) is -0.903. The molecule has 1 rings (SSSR count). The van der Waals surface area contributed by atoms with Gasteiger partial charge in [0.15, 0.2) is 12.4 Å². The van der Waals surface area contributed by atoms with E-state index in [0.717, 1.165) is 0 Å². The maximum atomic E-state index is 13.2. The van der Waals surface area contributed by atoms with Crippen molar-refractivity contribution in [2.24, 2.45) is 0 Å². The molecule has 7 heteroatoms. The summed E-state index contributed by atoms with van der Waals surface area (Å²) in [7, 11) is 0. The minimum Gasteiger partial charge on any atom is -0.393 e. The Kier molecular flexibility index (Phi) is 3.96. The summed E-state index contributed by atoms with van der Waals surface area (Å²) in [4.78, 5) is 0. The molecule has 0 aromatic carbocycles. The molecule has 90 valence electrons. The van der Waals surface area contributed by atoms with Crippen LogP contribution < -0.4 is 0 Å². The quantitative estimate of drug-likeness (QED) is 0.583. The molecular formula is C8H14F2O5. The number of ether oxygens (including phenoxy) is 2. The first-order chi connectivity index (χ1) is 6.95. The van der Waals surface area contributed by atoms with Crippen molar-refractivity contribution >= 4 is 0 Å². The van der Waals surface area contributed by atoms with Gasteiger partial charge in [-0.15, -0.1) is 0 Å². The molecule has 0 saturated carbocycles. The van der Waals surface area contributed by atoms with Crippen LogP contribution in [0, 0.1) is 0 Å². The van der Waals surface area contributed by atoms with Gasteiger partial charge < -0.3 is 24.8 Å². The van der Waals surface area contributed by atoms with E-state index >= 15 is 0 Å². The van der Waals surface area contributed by atoms with Crippen molar-refractivity contribution in [2.75, 3.05) is 13.2 Å². The van der Waals surface area contributed by atoms with Crippen LogP contribution >= 0.6 is 0 Å². The zero-order valence-corrected chi connectivity index (χ0v) is 8.14. The lowest BCUT2D eigenvalue weighted by atomic mass is 9.98. The highest BCUT2D eigenvalue weighted by Gasteiger charge is 2.57. The molecule has 4 atom stereocenters. The van der Waals surface area contributed by atoms with E-state index in [1.54, 1.807) is 6.92 Å². The van der Waals surface area contributed by atoms with E-state index in [2.05, 4.69) is 4.74 Å². The largest absolute Gasteiger partial charge is 0.393 e. The van der Waals surface area contributed by atoms with Crippen LogP contribution in [0.15, 0.2) is 0 Å². The highest BCUT2D eigenvalue weighted by atomic mass is 19.3. The maximum Gasteiger partial charge on any atom is 0.304 e. The van der Waals surface area contributed by atoms with E-state index in [0.29, 0.717) is 0 Å². The highest BCUT2D eigenvalue weighted by molar-refractivity contribution is 4.95. The maximum absolute atomic E-state index is 13.2. The second-order valence-electron chi connectivity index (χ2n) is 3.24. The molecule has 0 bridgehead atoms. The average Bonchev–Trinajstić information content (AvgIpc) is 2.19. The van der Waals surface area contributed by atoms with Crippen molar-refractivity contribution < 1.29 is 33.6 Å². The number of halogens is 2. The minimum absolute atomic E-state index is 0.137. The molecule has 5 nitrogen and oxygen atoms in total. The summed E-state index contributed by atoms with van der Waals surface area (Å²) < 4.78 is 35.8. The summed E-state index contributed by atoms with van der Waals surface area (Å²) >= 11 is 0. The van der Waals surface area contributed by atoms with Gasteiger partial charge in [0.25, 0.3) is 0 Å². The number of rotatable bonds is 3. The van der Waals surface area contributed by atoms with E-state index in [1.165, 1.54) is 0 Å². The van der Waals surface area contributed by atoms with Crippen molar-refractivity contribution in [1.29, 1.82) is 0 Å². The summed E-state index contributed by atoms with van der Waals surface area (Å²) in [6, 6.07) is 0. The van der Waals surface area contributed by atoms with Gasteiger partial charge in [-0.05, 0) is 6.92 Å². The first-order valence-corrected chi connectivity index (χ1v) is 4.57. The summed E-state index contributed by atoms with van der Waals surface area (Å²) in [5.41, 5.74) is 0. The van der Waals surface area contributed by atoms with E-state index in [9.17, 15) is 13.9 Å². The monoisotopic (exact) mass is 228 g/mol. The Labute approximate surface area is 85.2 Å². The van der Waals surface area contributed by atoms with Crippen LogP contribution in [0.4, 0.5) is 8.78 Å². The number of aliphatic hydroxyl groups excluding tert-OH is 3. The average molecular weight is 228 g/mol. The number of aliphatic hydroxyl groups is 3. The molecule has 0 amide bonds. The third-order valence-electron chi connectivity index (χ3n) is 2.22. The Hall–Kier alpha value is -0.340. The minimum atomic E-state index is -3.69. The smallest absolute Gasteiger partial charge is 0.304 e. The van der Waals surface area contributed by atoms with Gasteiger partial charge in [-0.3, -0.25) is 0 Å². The van der Waals surface area contributed by atoms with E-state index < -0.39 is 37.1 Å². The molecule has 0 spiro atoms. The standard InChI is InChI=1S/C8H14F2O5/c1-2-14-7-5(12)6(13)8(9,10)4(3-11)15-7/h4-7,11-13H,2-3H2,1H3/t4-,5-,6+,7-/m0/s1. The zero-order valence-electron chi connectivity index (χ0n) is 8.14. The number of alkyl halides is 2. The fraction of sp³-hybridized carbons (Fsp3) is 1.00. The van der Waals surface area contributed by atoms with Gasteiger partial charge in [-0.1, -0.05) is 0 Å². The Balaban J connectivity index is 2.78. The normalized spacial score (nSPS) is 40.4.